The Morgan fingerprint density at radius 2 is 1.94 bits per heavy atom. The third-order valence-electron chi connectivity index (χ3n) is 4.05. The van der Waals surface area contributed by atoms with Gasteiger partial charge < -0.3 is 15.2 Å². The van der Waals surface area contributed by atoms with E-state index >= 15 is 0 Å². The van der Waals surface area contributed by atoms with Gasteiger partial charge in [0.25, 0.3) is 0 Å². The second-order valence-electron chi connectivity index (χ2n) is 4.99. The number of hydrogen-bond donors (Lipinski definition) is 1. The second kappa shape index (κ2) is 6.10. The van der Waals surface area contributed by atoms with Crippen molar-refractivity contribution >= 4 is 0 Å². The van der Waals surface area contributed by atoms with Crippen LogP contribution in [0, 0.1) is 5.92 Å². The summed E-state index contributed by atoms with van der Waals surface area (Å²) < 4.78 is 10.8. The van der Waals surface area contributed by atoms with Gasteiger partial charge in [0.15, 0.2) is 0 Å². The Hall–Kier alpha value is -1.22. The summed E-state index contributed by atoms with van der Waals surface area (Å²) in [6, 6.07) is 6.05. The maximum Gasteiger partial charge on any atom is 0.122 e. The lowest BCUT2D eigenvalue weighted by Gasteiger charge is -2.32. The van der Waals surface area contributed by atoms with Crippen LogP contribution in [0.5, 0.6) is 11.5 Å². The molecule has 1 aliphatic carbocycles. The van der Waals surface area contributed by atoms with Crippen LogP contribution in [0.2, 0.25) is 0 Å². The summed E-state index contributed by atoms with van der Waals surface area (Å²) in [7, 11) is 3.43. The molecule has 0 spiro atoms. The topological polar surface area (TPSA) is 44.5 Å². The highest BCUT2D eigenvalue weighted by molar-refractivity contribution is 5.43. The summed E-state index contributed by atoms with van der Waals surface area (Å²) in [5.74, 6) is 2.93. The number of nitrogens with two attached hydrogens (primary N) is 1. The molecule has 0 radical (unpaired) electrons. The number of hydrogen-bond acceptors (Lipinski definition) is 3. The number of ether oxygens (including phenoxy) is 2. The second-order valence-corrected chi connectivity index (χ2v) is 4.99. The standard InChI is InChI=1S/C15H23NO2/c1-17-12-7-8-15(18-2)14(9-12)13-6-4-3-5-11(13)10-16/h7-9,11,13H,3-6,10,16H2,1-2H3. The van der Waals surface area contributed by atoms with E-state index in [0.717, 1.165) is 18.0 Å². The van der Waals surface area contributed by atoms with E-state index < -0.39 is 0 Å². The molecule has 2 N–H and O–H groups in total. The molecule has 3 heteroatoms. The van der Waals surface area contributed by atoms with Crippen LogP contribution in [0.4, 0.5) is 0 Å². The van der Waals surface area contributed by atoms with Crippen LogP contribution in [-0.2, 0) is 0 Å². The van der Waals surface area contributed by atoms with Crippen molar-refractivity contribution in [1.82, 2.24) is 0 Å². The van der Waals surface area contributed by atoms with Crippen molar-refractivity contribution in [3.05, 3.63) is 23.8 Å². The van der Waals surface area contributed by atoms with Crippen LogP contribution in [0.3, 0.4) is 0 Å². The molecule has 1 fully saturated rings. The molecule has 1 aromatic carbocycles. The highest BCUT2D eigenvalue weighted by Crippen LogP contribution is 2.42. The molecule has 0 amide bonds. The van der Waals surface area contributed by atoms with Gasteiger partial charge in [-0.25, -0.2) is 0 Å². The molecule has 2 rings (SSSR count). The third-order valence-corrected chi connectivity index (χ3v) is 4.05. The molecule has 1 aromatic rings. The summed E-state index contributed by atoms with van der Waals surface area (Å²) >= 11 is 0. The van der Waals surface area contributed by atoms with Crippen LogP contribution < -0.4 is 15.2 Å². The fourth-order valence-electron chi connectivity index (χ4n) is 3.03. The van der Waals surface area contributed by atoms with E-state index in [1.165, 1.54) is 31.2 Å². The van der Waals surface area contributed by atoms with E-state index in [2.05, 4.69) is 6.07 Å². The fourth-order valence-corrected chi connectivity index (χ4v) is 3.03. The van der Waals surface area contributed by atoms with E-state index in [-0.39, 0.29) is 0 Å². The van der Waals surface area contributed by atoms with Gasteiger partial charge in [-0.05, 0) is 49.4 Å². The SMILES string of the molecule is COc1ccc(OC)c(C2CCCCC2CN)c1. The molecule has 100 valence electrons. The third kappa shape index (κ3) is 2.61. The van der Waals surface area contributed by atoms with Crippen molar-refractivity contribution in [2.45, 2.75) is 31.6 Å². The van der Waals surface area contributed by atoms with Crippen molar-refractivity contribution in [2.75, 3.05) is 20.8 Å². The summed E-state index contributed by atoms with van der Waals surface area (Å²) in [4.78, 5) is 0. The minimum atomic E-state index is 0.508. The molecule has 0 bridgehead atoms. The summed E-state index contributed by atoms with van der Waals surface area (Å²) in [5.41, 5.74) is 7.18. The van der Waals surface area contributed by atoms with Gasteiger partial charge in [-0.15, -0.1) is 0 Å². The monoisotopic (exact) mass is 249 g/mol. The normalized spacial score (nSPS) is 23.7. The predicted molar refractivity (Wildman–Crippen MR) is 73.3 cm³/mol. The summed E-state index contributed by atoms with van der Waals surface area (Å²) in [5, 5.41) is 0. The first kappa shape index (κ1) is 13.2. The maximum atomic E-state index is 5.92. The largest absolute Gasteiger partial charge is 0.497 e. The quantitative estimate of drug-likeness (QED) is 0.892. The lowest BCUT2D eigenvalue weighted by atomic mass is 9.75. The molecule has 2 atom stereocenters. The average molecular weight is 249 g/mol. The van der Waals surface area contributed by atoms with Gasteiger partial charge >= 0.3 is 0 Å². The lowest BCUT2D eigenvalue weighted by molar-refractivity contribution is 0.303. The van der Waals surface area contributed by atoms with E-state index in [9.17, 15) is 0 Å². The Morgan fingerprint density at radius 1 is 1.17 bits per heavy atom. The first-order chi connectivity index (χ1) is 8.80. The molecule has 1 saturated carbocycles. The van der Waals surface area contributed by atoms with Crippen LogP contribution in [0.15, 0.2) is 18.2 Å². The molecular weight excluding hydrogens is 226 g/mol. The van der Waals surface area contributed by atoms with Gasteiger partial charge in [0, 0.05) is 5.56 Å². The summed E-state index contributed by atoms with van der Waals surface area (Å²) in [6.07, 6.45) is 5.00. The maximum absolute atomic E-state index is 5.92. The molecule has 2 unspecified atom stereocenters. The number of benzene rings is 1. The molecule has 3 nitrogen and oxygen atoms in total. The first-order valence-electron chi connectivity index (χ1n) is 6.72. The Morgan fingerprint density at radius 3 is 2.61 bits per heavy atom. The van der Waals surface area contributed by atoms with Gasteiger partial charge in [0.05, 0.1) is 14.2 Å². The summed E-state index contributed by atoms with van der Waals surface area (Å²) in [6.45, 7) is 0.755. The molecule has 18 heavy (non-hydrogen) atoms. The average Bonchev–Trinajstić information content (AvgIpc) is 2.46. The Bertz CT molecular complexity index is 392. The van der Waals surface area contributed by atoms with Crippen molar-refractivity contribution < 1.29 is 9.47 Å². The minimum absolute atomic E-state index is 0.508. The highest BCUT2D eigenvalue weighted by atomic mass is 16.5. The van der Waals surface area contributed by atoms with E-state index in [1.807, 2.05) is 12.1 Å². The van der Waals surface area contributed by atoms with Crippen LogP contribution in [0.25, 0.3) is 0 Å². The molecule has 1 aliphatic rings. The van der Waals surface area contributed by atoms with Crippen molar-refractivity contribution in [2.24, 2.45) is 11.7 Å². The lowest BCUT2D eigenvalue weighted by Crippen LogP contribution is -2.25. The molecule has 0 aliphatic heterocycles. The van der Waals surface area contributed by atoms with Crippen molar-refractivity contribution in [3.8, 4) is 11.5 Å². The van der Waals surface area contributed by atoms with Gasteiger partial charge in [-0.1, -0.05) is 12.8 Å². The smallest absolute Gasteiger partial charge is 0.122 e. The van der Waals surface area contributed by atoms with Crippen molar-refractivity contribution in [1.29, 1.82) is 0 Å². The van der Waals surface area contributed by atoms with E-state index in [1.54, 1.807) is 14.2 Å². The van der Waals surface area contributed by atoms with Gasteiger partial charge in [0.2, 0.25) is 0 Å². The highest BCUT2D eigenvalue weighted by Gasteiger charge is 2.27. The van der Waals surface area contributed by atoms with Crippen LogP contribution in [0.1, 0.15) is 37.2 Å². The zero-order valence-corrected chi connectivity index (χ0v) is 11.3. The molecular formula is C15H23NO2. The molecule has 0 aromatic heterocycles. The van der Waals surface area contributed by atoms with Crippen LogP contribution >= 0.6 is 0 Å². The van der Waals surface area contributed by atoms with Gasteiger partial charge in [-0.2, -0.15) is 0 Å². The van der Waals surface area contributed by atoms with Crippen LogP contribution in [-0.4, -0.2) is 20.8 Å². The minimum Gasteiger partial charge on any atom is -0.497 e. The van der Waals surface area contributed by atoms with E-state index in [0.29, 0.717) is 11.8 Å². The Kier molecular flexibility index (Phi) is 4.48. The zero-order valence-electron chi connectivity index (χ0n) is 11.3. The van der Waals surface area contributed by atoms with E-state index in [4.69, 9.17) is 15.2 Å². The fraction of sp³-hybridized carbons (Fsp3) is 0.600. The predicted octanol–water partition coefficient (Wildman–Crippen LogP) is 2.94. The Labute approximate surface area is 109 Å². The molecule has 0 saturated heterocycles. The first-order valence-corrected chi connectivity index (χ1v) is 6.72. The van der Waals surface area contributed by atoms with Crippen molar-refractivity contribution in [3.63, 3.8) is 0 Å². The number of rotatable bonds is 4. The molecule has 0 heterocycles. The van der Waals surface area contributed by atoms with Gasteiger partial charge in [0.1, 0.15) is 11.5 Å². The zero-order chi connectivity index (χ0) is 13.0. The Balaban J connectivity index is 2.34. The van der Waals surface area contributed by atoms with Gasteiger partial charge in [-0.3, -0.25) is 0 Å². The number of methoxy groups -OCH3 is 2.